The molecule has 0 saturated carbocycles. The van der Waals surface area contributed by atoms with Gasteiger partial charge in [0.15, 0.2) is 11.3 Å². The summed E-state index contributed by atoms with van der Waals surface area (Å²) in [6.07, 6.45) is 1.32. The summed E-state index contributed by atoms with van der Waals surface area (Å²) in [5.41, 5.74) is 7.23. The molecule has 4 rings (SSSR count). The average molecular weight is 373 g/mol. The van der Waals surface area contributed by atoms with Gasteiger partial charge in [0, 0.05) is 5.56 Å². The molecule has 2 aromatic carbocycles. The van der Waals surface area contributed by atoms with Crippen LogP contribution in [-0.2, 0) is 0 Å². The lowest BCUT2D eigenvalue weighted by atomic mass is 10.1. The first-order valence-corrected chi connectivity index (χ1v) is 8.37. The van der Waals surface area contributed by atoms with Crippen molar-refractivity contribution in [3.8, 4) is 17.0 Å². The number of hydrogen-bond donors (Lipinski definition) is 3. The summed E-state index contributed by atoms with van der Waals surface area (Å²) in [4.78, 5) is 33.1. The van der Waals surface area contributed by atoms with E-state index in [4.69, 9.17) is 5.73 Å². The Hall–Kier alpha value is -4.20. The number of rotatable bonds is 4. The van der Waals surface area contributed by atoms with Gasteiger partial charge >= 0.3 is 0 Å². The van der Waals surface area contributed by atoms with Crippen molar-refractivity contribution in [1.82, 2.24) is 14.4 Å². The van der Waals surface area contributed by atoms with E-state index in [-0.39, 0.29) is 28.5 Å². The summed E-state index contributed by atoms with van der Waals surface area (Å²) in [6, 6.07) is 17.2. The molecule has 0 aliphatic rings. The maximum Gasteiger partial charge on any atom is 0.272 e. The molecule has 0 radical (unpaired) electrons. The third-order valence-corrected chi connectivity index (χ3v) is 4.19. The molecule has 4 N–H and O–H groups in total. The summed E-state index contributed by atoms with van der Waals surface area (Å²) in [7, 11) is 0. The Bertz CT molecular complexity index is 1200. The number of phenols is 1. The van der Waals surface area contributed by atoms with Gasteiger partial charge in [0.1, 0.15) is 17.8 Å². The maximum atomic E-state index is 12.9. The summed E-state index contributed by atoms with van der Waals surface area (Å²) in [6.45, 7) is 0. The molecule has 2 amide bonds. The number of nitrogens with zero attached hydrogens (tertiary/aromatic N) is 3. The van der Waals surface area contributed by atoms with Gasteiger partial charge < -0.3 is 16.2 Å². The third-order valence-electron chi connectivity index (χ3n) is 4.19. The number of para-hydroxylation sites is 2. The van der Waals surface area contributed by atoms with E-state index in [9.17, 15) is 14.7 Å². The van der Waals surface area contributed by atoms with E-state index in [1.165, 1.54) is 16.8 Å². The van der Waals surface area contributed by atoms with Gasteiger partial charge in [-0.15, -0.1) is 0 Å². The van der Waals surface area contributed by atoms with Gasteiger partial charge in [-0.1, -0.05) is 42.5 Å². The molecule has 138 valence electrons. The fourth-order valence-electron chi connectivity index (χ4n) is 2.84. The van der Waals surface area contributed by atoms with Crippen molar-refractivity contribution in [1.29, 1.82) is 0 Å². The number of aromatic nitrogens is 3. The van der Waals surface area contributed by atoms with Crippen LogP contribution in [-0.4, -0.2) is 31.3 Å². The second-order valence-corrected chi connectivity index (χ2v) is 6.01. The number of carbonyl (C=O) groups is 2. The molecule has 0 unspecified atom stereocenters. The number of primary amides is 1. The molecule has 0 saturated heterocycles. The number of phenolic OH excluding ortho intramolecular Hbond substituents is 1. The predicted octanol–water partition coefficient (Wildman–Crippen LogP) is 2.45. The van der Waals surface area contributed by atoms with E-state index >= 15 is 0 Å². The van der Waals surface area contributed by atoms with E-state index in [0.29, 0.717) is 5.69 Å². The first-order chi connectivity index (χ1) is 13.5. The van der Waals surface area contributed by atoms with Crippen LogP contribution in [0.15, 0.2) is 67.0 Å². The van der Waals surface area contributed by atoms with Crippen LogP contribution in [0.3, 0.4) is 0 Å². The van der Waals surface area contributed by atoms with Gasteiger partial charge in [0.25, 0.3) is 11.8 Å². The minimum atomic E-state index is -0.743. The molecule has 2 heterocycles. The molecule has 0 aliphatic heterocycles. The lowest BCUT2D eigenvalue weighted by Gasteiger charge is -2.11. The second kappa shape index (κ2) is 6.84. The Morgan fingerprint density at radius 1 is 1.04 bits per heavy atom. The summed E-state index contributed by atoms with van der Waals surface area (Å²) in [5.74, 6) is -1.31. The van der Waals surface area contributed by atoms with Gasteiger partial charge in [0.2, 0.25) is 0 Å². The topological polar surface area (TPSA) is 123 Å². The molecule has 0 fully saturated rings. The van der Waals surface area contributed by atoms with Crippen LogP contribution in [0.2, 0.25) is 0 Å². The Morgan fingerprint density at radius 3 is 2.46 bits per heavy atom. The number of aromatic hydroxyl groups is 1. The van der Waals surface area contributed by atoms with Crippen molar-refractivity contribution in [2.24, 2.45) is 5.73 Å². The van der Waals surface area contributed by atoms with Gasteiger partial charge in [-0.3, -0.25) is 14.0 Å². The number of nitrogens with one attached hydrogen (secondary N) is 1. The minimum Gasteiger partial charge on any atom is -0.506 e. The first-order valence-electron chi connectivity index (χ1n) is 8.37. The molecule has 28 heavy (non-hydrogen) atoms. The minimum absolute atomic E-state index is 0.0330. The van der Waals surface area contributed by atoms with Crippen molar-refractivity contribution in [3.63, 3.8) is 0 Å². The quantitative estimate of drug-likeness (QED) is 0.474. The predicted molar refractivity (Wildman–Crippen MR) is 103 cm³/mol. The Morgan fingerprint density at radius 2 is 1.75 bits per heavy atom. The molecule has 8 nitrogen and oxygen atoms in total. The fourth-order valence-corrected chi connectivity index (χ4v) is 2.84. The van der Waals surface area contributed by atoms with Gasteiger partial charge in [-0.05, 0) is 18.2 Å². The average Bonchev–Trinajstić information content (AvgIpc) is 3.14. The van der Waals surface area contributed by atoms with Crippen LogP contribution < -0.4 is 11.1 Å². The molecule has 0 bridgehead atoms. The van der Waals surface area contributed by atoms with Gasteiger partial charge in [0.05, 0.1) is 11.4 Å². The van der Waals surface area contributed by atoms with Crippen LogP contribution in [0, 0.1) is 0 Å². The van der Waals surface area contributed by atoms with E-state index in [1.807, 2.05) is 30.3 Å². The highest BCUT2D eigenvalue weighted by atomic mass is 16.3. The largest absolute Gasteiger partial charge is 0.506 e. The number of amides is 2. The number of carbonyl (C=O) groups excluding carboxylic acids is 2. The second-order valence-electron chi connectivity index (χ2n) is 6.01. The van der Waals surface area contributed by atoms with Crippen LogP contribution >= 0.6 is 0 Å². The SMILES string of the molecule is NC(=O)c1ncn2c(C(=O)Nc3ccccc3O)cc(-c3ccccc3)nc12. The number of nitrogens with two attached hydrogens (primary N) is 1. The number of anilines is 1. The third kappa shape index (κ3) is 3.03. The van der Waals surface area contributed by atoms with Crippen LogP contribution in [0.1, 0.15) is 21.0 Å². The Labute approximate surface area is 159 Å². The van der Waals surface area contributed by atoms with Crippen molar-refractivity contribution in [2.45, 2.75) is 0 Å². The highest BCUT2D eigenvalue weighted by Gasteiger charge is 2.20. The number of hydrogen-bond acceptors (Lipinski definition) is 5. The molecule has 8 heteroatoms. The highest BCUT2D eigenvalue weighted by molar-refractivity contribution is 6.05. The van der Waals surface area contributed by atoms with Crippen molar-refractivity contribution >= 4 is 23.1 Å². The number of imidazole rings is 1. The van der Waals surface area contributed by atoms with Crippen molar-refractivity contribution in [3.05, 3.63) is 78.4 Å². The number of benzene rings is 2. The molecule has 2 aromatic heterocycles. The van der Waals surface area contributed by atoms with Gasteiger partial charge in [-0.25, -0.2) is 9.97 Å². The summed E-state index contributed by atoms with van der Waals surface area (Å²) >= 11 is 0. The normalized spacial score (nSPS) is 10.7. The van der Waals surface area contributed by atoms with Crippen molar-refractivity contribution in [2.75, 3.05) is 5.32 Å². The van der Waals surface area contributed by atoms with Crippen molar-refractivity contribution < 1.29 is 14.7 Å². The van der Waals surface area contributed by atoms with E-state index in [1.54, 1.807) is 24.3 Å². The van der Waals surface area contributed by atoms with Crippen LogP contribution in [0.4, 0.5) is 5.69 Å². The Kier molecular flexibility index (Phi) is 4.21. The lowest BCUT2D eigenvalue weighted by molar-refractivity contribution is 0.0993. The summed E-state index contributed by atoms with van der Waals surface area (Å²) in [5, 5.41) is 12.6. The van der Waals surface area contributed by atoms with E-state index < -0.39 is 11.8 Å². The molecule has 0 atom stereocenters. The first kappa shape index (κ1) is 17.2. The van der Waals surface area contributed by atoms with E-state index in [2.05, 4.69) is 15.3 Å². The molecular weight excluding hydrogens is 358 g/mol. The van der Waals surface area contributed by atoms with Crippen LogP contribution in [0.5, 0.6) is 5.75 Å². The van der Waals surface area contributed by atoms with Crippen LogP contribution in [0.25, 0.3) is 16.9 Å². The lowest BCUT2D eigenvalue weighted by Crippen LogP contribution is -2.17. The zero-order chi connectivity index (χ0) is 19.7. The zero-order valence-corrected chi connectivity index (χ0v) is 14.5. The zero-order valence-electron chi connectivity index (χ0n) is 14.5. The fraction of sp³-hybridized carbons (Fsp3) is 0. The Balaban J connectivity index is 1.88. The molecule has 0 spiro atoms. The van der Waals surface area contributed by atoms with E-state index in [0.717, 1.165) is 5.56 Å². The molecule has 0 aliphatic carbocycles. The monoisotopic (exact) mass is 373 g/mol. The standard InChI is InChI=1S/C20H15N5O3/c21-18(27)17-19-23-14(12-6-2-1-3-7-12)10-15(25(19)11-22-17)20(28)24-13-8-4-5-9-16(13)26/h1-11,26H,(H2,21,27)(H,24,28). The highest BCUT2D eigenvalue weighted by Crippen LogP contribution is 2.25. The smallest absolute Gasteiger partial charge is 0.272 e. The molecule has 4 aromatic rings. The van der Waals surface area contributed by atoms with Gasteiger partial charge in [-0.2, -0.15) is 0 Å². The molecular formula is C20H15N5O3. The maximum absolute atomic E-state index is 12.9. The summed E-state index contributed by atoms with van der Waals surface area (Å²) < 4.78 is 1.39. The number of fused-ring (bicyclic) bond motifs is 1.